The van der Waals surface area contributed by atoms with Crippen molar-refractivity contribution in [3.05, 3.63) is 46.3 Å². The van der Waals surface area contributed by atoms with E-state index in [4.69, 9.17) is 29.4 Å². The van der Waals surface area contributed by atoms with Crippen molar-refractivity contribution >= 4 is 34.7 Å². The maximum Gasteiger partial charge on any atom is 0.303 e. The van der Waals surface area contributed by atoms with E-state index in [1.165, 1.54) is 44.0 Å². The van der Waals surface area contributed by atoms with Gasteiger partial charge >= 0.3 is 11.9 Å². The molecule has 0 aliphatic carbocycles. The van der Waals surface area contributed by atoms with Crippen molar-refractivity contribution in [2.45, 2.75) is 44.8 Å². The Morgan fingerprint density at radius 1 is 1.16 bits per heavy atom. The number of rotatable bonds is 10. The van der Waals surface area contributed by atoms with Crippen LogP contribution in [0, 0.1) is 10.1 Å². The van der Waals surface area contributed by atoms with Crippen LogP contribution in [0.25, 0.3) is 11.2 Å². The number of fused-ring (bicyclic) bond motifs is 1. The highest BCUT2D eigenvalue weighted by Crippen LogP contribution is 2.36. The summed E-state index contributed by atoms with van der Waals surface area (Å²) >= 11 is 0. The van der Waals surface area contributed by atoms with E-state index in [1.807, 2.05) is 0 Å². The SMILES string of the molecule is COC1C(OC(C)=O)[C@H](n2cnc3c(OCCc4ccc([N+](=O)[O-])cc4)nc(N)nc32)O[C@@H]1COC(C)=O. The fraction of sp³-hybridized carbons (Fsp3) is 0.435. The molecular formula is C23H26N6O9. The maximum absolute atomic E-state index is 11.9. The van der Waals surface area contributed by atoms with Gasteiger partial charge in [0, 0.05) is 39.5 Å². The molecule has 0 bridgehead atoms. The molecule has 2 N–H and O–H groups in total. The molecular weight excluding hydrogens is 504 g/mol. The summed E-state index contributed by atoms with van der Waals surface area (Å²) in [7, 11) is 1.43. The minimum Gasteiger partial charge on any atom is -0.476 e. The standard InChI is InChI=1S/C23H26N6O9/c1-12(30)36-10-16-18(34-3)19(37-13(2)31)22(38-16)28-11-25-17-20(28)26-23(24)27-21(17)35-9-8-14-4-6-15(7-5-14)29(32)33/h4-7,11,16,18-19,22H,8-10H2,1-3H3,(H2,24,26,27)/t16-,18?,19?,22-/m1/s1. The number of esters is 2. The Labute approximate surface area is 216 Å². The normalized spacial score (nSPS) is 20.8. The number of carbonyl (C=O) groups excluding carboxylic acids is 2. The van der Waals surface area contributed by atoms with Crippen LogP contribution in [0.1, 0.15) is 25.6 Å². The summed E-state index contributed by atoms with van der Waals surface area (Å²) < 4.78 is 29.6. The molecule has 3 heterocycles. The second-order valence-electron chi connectivity index (χ2n) is 8.38. The van der Waals surface area contributed by atoms with Gasteiger partial charge in [-0.15, -0.1) is 0 Å². The molecule has 2 aromatic heterocycles. The molecule has 1 aliphatic heterocycles. The molecule has 0 saturated carbocycles. The van der Waals surface area contributed by atoms with Gasteiger partial charge < -0.3 is 29.4 Å². The van der Waals surface area contributed by atoms with Gasteiger partial charge in [-0.05, 0) is 5.56 Å². The quantitative estimate of drug-likeness (QED) is 0.224. The van der Waals surface area contributed by atoms with Gasteiger partial charge in [0.1, 0.15) is 18.8 Å². The first kappa shape index (κ1) is 26.7. The molecule has 4 atom stereocenters. The van der Waals surface area contributed by atoms with Gasteiger partial charge in [-0.3, -0.25) is 24.3 Å². The lowest BCUT2D eigenvalue weighted by Crippen LogP contribution is -2.38. The summed E-state index contributed by atoms with van der Waals surface area (Å²) in [4.78, 5) is 46.4. The number of non-ortho nitro benzene ring substituents is 1. The van der Waals surface area contributed by atoms with Gasteiger partial charge in [0.15, 0.2) is 23.5 Å². The van der Waals surface area contributed by atoms with Crippen molar-refractivity contribution in [2.75, 3.05) is 26.1 Å². The topological polar surface area (TPSA) is 193 Å². The lowest BCUT2D eigenvalue weighted by molar-refractivity contribution is -0.384. The minimum absolute atomic E-state index is 0.00233. The highest BCUT2D eigenvalue weighted by Gasteiger charge is 2.49. The summed E-state index contributed by atoms with van der Waals surface area (Å²) in [5.74, 6) is -1.03. The van der Waals surface area contributed by atoms with E-state index >= 15 is 0 Å². The number of nitrogens with two attached hydrogens (primary N) is 1. The molecule has 15 heteroatoms. The van der Waals surface area contributed by atoms with Crippen LogP contribution in [-0.2, 0) is 35.0 Å². The number of nitro benzene ring substituents is 1. The first-order valence-electron chi connectivity index (χ1n) is 11.5. The third kappa shape index (κ3) is 5.78. The molecule has 0 radical (unpaired) electrons. The van der Waals surface area contributed by atoms with Crippen molar-refractivity contribution in [1.29, 1.82) is 0 Å². The van der Waals surface area contributed by atoms with Crippen molar-refractivity contribution in [2.24, 2.45) is 0 Å². The number of hydrogen-bond donors (Lipinski definition) is 1. The molecule has 1 fully saturated rings. The second-order valence-corrected chi connectivity index (χ2v) is 8.38. The smallest absolute Gasteiger partial charge is 0.303 e. The first-order chi connectivity index (χ1) is 18.2. The number of carbonyl (C=O) groups is 2. The molecule has 3 aromatic rings. The molecule has 202 valence electrons. The zero-order chi connectivity index (χ0) is 27.4. The van der Waals surface area contributed by atoms with Crippen molar-refractivity contribution in [3.8, 4) is 5.88 Å². The van der Waals surface area contributed by atoms with Gasteiger partial charge in [-0.1, -0.05) is 12.1 Å². The highest BCUT2D eigenvalue weighted by molar-refractivity contribution is 5.77. The molecule has 0 amide bonds. The molecule has 15 nitrogen and oxygen atoms in total. The minimum atomic E-state index is -0.934. The zero-order valence-corrected chi connectivity index (χ0v) is 20.8. The van der Waals surface area contributed by atoms with Crippen molar-refractivity contribution in [3.63, 3.8) is 0 Å². The third-order valence-electron chi connectivity index (χ3n) is 5.77. The largest absolute Gasteiger partial charge is 0.476 e. The van der Waals surface area contributed by atoms with Gasteiger partial charge in [0.25, 0.3) is 5.69 Å². The fourth-order valence-electron chi connectivity index (χ4n) is 4.11. The van der Waals surface area contributed by atoms with E-state index in [9.17, 15) is 19.7 Å². The van der Waals surface area contributed by atoms with Crippen LogP contribution in [0.15, 0.2) is 30.6 Å². The van der Waals surface area contributed by atoms with E-state index in [2.05, 4.69) is 15.0 Å². The van der Waals surface area contributed by atoms with Crippen LogP contribution in [0.3, 0.4) is 0 Å². The lowest BCUT2D eigenvalue weighted by Gasteiger charge is -2.23. The van der Waals surface area contributed by atoms with Gasteiger partial charge in [-0.2, -0.15) is 9.97 Å². The summed E-state index contributed by atoms with van der Waals surface area (Å²) in [5, 5.41) is 10.8. The average molecular weight is 530 g/mol. The Bertz CT molecular complexity index is 1330. The Hall–Kier alpha value is -4.37. The van der Waals surface area contributed by atoms with E-state index < -0.39 is 41.4 Å². The van der Waals surface area contributed by atoms with Crippen LogP contribution < -0.4 is 10.5 Å². The second kappa shape index (κ2) is 11.4. The number of methoxy groups -OCH3 is 1. The van der Waals surface area contributed by atoms with Crippen LogP contribution in [0.5, 0.6) is 5.88 Å². The number of ether oxygens (including phenoxy) is 5. The number of benzene rings is 1. The Morgan fingerprint density at radius 2 is 1.89 bits per heavy atom. The summed E-state index contributed by atoms with van der Waals surface area (Å²) in [5.41, 5.74) is 7.31. The summed E-state index contributed by atoms with van der Waals surface area (Å²) in [6.07, 6.45) is -1.48. The van der Waals surface area contributed by atoms with Gasteiger partial charge in [-0.25, -0.2) is 4.98 Å². The van der Waals surface area contributed by atoms with Crippen LogP contribution in [0.2, 0.25) is 0 Å². The maximum atomic E-state index is 11.9. The Morgan fingerprint density at radius 3 is 2.53 bits per heavy atom. The average Bonchev–Trinajstić information content (AvgIpc) is 3.43. The van der Waals surface area contributed by atoms with E-state index in [-0.39, 0.29) is 41.9 Å². The molecule has 1 saturated heterocycles. The molecule has 4 rings (SSSR count). The first-order valence-corrected chi connectivity index (χ1v) is 11.5. The number of nitrogen functional groups attached to an aromatic ring is 1. The number of aromatic nitrogens is 4. The fourth-order valence-corrected chi connectivity index (χ4v) is 4.11. The number of nitrogens with zero attached hydrogens (tertiary/aromatic N) is 5. The number of anilines is 1. The van der Waals surface area contributed by atoms with Crippen LogP contribution >= 0.6 is 0 Å². The molecule has 1 aliphatic rings. The predicted octanol–water partition coefficient (Wildman–Crippen LogP) is 1.35. The highest BCUT2D eigenvalue weighted by atomic mass is 16.6. The van der Waals surface area contributed by atoms with E-state index in [0.29, 0.717) is 6.42 Å². The third-order valence-corrected chi connectivity index (χ3v) is 5.77. The molecule has 1 aromatic carbocycles. The van der Waals surface area contributed by atoms with Crippen LogP contribution in [0.4, 0.5) is 11.6 Å². The molecule has 38 heavy (non-hydrogen) atoms. The summed E-state index contributed by atoms with van der Waals surface area (Å²) in [6, 6.07) is 6.12. The zero-order valence-electron chi connectivity index (χ0n) is 20.8. The Balaban J connectivity index is 1.57. The van der Waals surface area contributed by atoms with E-state index in [1.54, 1.807) is 12.1 Å². The van der Waals surface area contributed by atoms with Crippen molar-refractivity contribution in [1.82, 2.24) is 19.5 Å². The van der Waals surface area contributed by atoms with Crippen molar-refractivity contribution < 1.29 is 38.2 Å². The molecule has 0 spiro atoms. The Kier molecular flexibility index (Phi) is 7.97. The number of hydrogen-bond acceptors (Lipinski definition) is 13. The van der Waals surface area contributed by atoms with Gasteiger partial charge in [0.2, 0.25) is 11.8 Å². The van der Waals surface area contributed by atoms with E-state index in [0.717, 1.165) is 5.56 Å². The number of imidazole rings is 1. The van der Waals surface area contributed by atoms with Crippen LogP contribution in [-0.4, -0.2) is 75.0 Å². The lowest BCUT2D eigenvalue weighted by atomic mass is 10.1. The van der Waals surface area contributed by atoms with Gasteiger partial charge in [0.05, 0.1) is 17.9 Å². The summed E-state index contributed by atoms with van der Waals surface area (Å²) in [6.45, 7) is 2.58. The molecule has 2 unspecified atom stereocenters. The predicted molar refractivity (Wildman–Crippen MR) is 129 cm³/mol. The number of nitro groups is 1. The monoisotopic (exact) mass is 530 g/mol.